The van der Waals surface area contributed by atoms with Crippen LogP contribution in [0.3, 0.4) is 0 Å². The molecule has 0 saturated carbocycles. The molecule has 1 saturated heterocycles. The first kappa shape index (κ1) is 10.3. The molecule has 86 valence electrons. The smallest absolute Gasteiger partial charge is 0.0476 e. The number of likely N-dealkylation sites (tertiary alicyclic amines) is 1. The minimum atomic E-state index is 0.617. The van der Waals surface area contributed by atoms with Gasteiger partial charge in [-0.05, 0) is 44.0 Å². The highest BCUT2D eigenvalue weighted by Gasteiger charge is 2.27. The molecule has 0 radical (unpaired) electrons. The molecule has 0 aliphatic carbocycles. The summed E-state index contributed by atoms with van der Waals surface area (Å²) in [6.07, 6.45) is 2.75. The van der Waals surface area contributed by atoms with Crippen LogP contribution in [0, 0.1) is 6.92 Å². The Morgan fingerprint density at radius 1 is 1.25 bits per heavy atom. The van der Waals surface area contributed by atoms with Crippen LogP contribution in [-0.2, 0) is 6.54 Å². The molecular formula is C14H20N2. The second-order valence-corrected chi connectivity index (χ2v) is 5.09. The first-order valence-corrected chi connectivity index (χ1v) is 6.39. The van der Waals surface area contributed by atoms with Crippen molar-refractivity contribution in [3.63, 3.8) is 0 Å². The molecule has 0 unspecified atom stereocenters. The Morgan fingerprint density at radius 3 is 2.88 bits per heavy atom. The molecule has 2 heterocycles. The average molecular weight is 216 g/mol. The molecule has 1 N–H and O–H groups in total. The number of aryl methyl sites for hydroxylation is 1. The van der Waals surface area contributed by atoms with E-state index in [1.54, 1.807) is 5.56 Å². The van der Waals surface area contributed by atoms with Gasteiger partial charge in [0, 0.05) is 19.1 Å². The second-order valence-electron chi connectivity index (χ2n) is 5.09. The largest absolute Gasteiger partial charge is 0.311 e. The fourth-order valence-electron chi connectivity index (χ4n) is 3.02. The molecule has 1 fully saturated rings. The summed E-state index contributed by atoms with van der Waals surface area (Å²) in [7, 11) is 0. The van der Waals surface area contributed by atoms with Gasteiger partial charge in [-0.15, -0.1) is 0 Å². The average Bonchev–Trinajstić information content (AvgIpc) is 2.81. The van der Waals surface area contributed by atoms with Gasteiger partial charge in [-0.2, -0.15) is 0 Å². The predicted molar refractivity (Wildman–Crippen MR) is 66.4 cm³/mol. The molecule has 1 atom stereocenters. The van der Waals surface area contributed by atoms with Crippen molar-refractivity contribution in [2.75, 3.05) is 19.6 Å². The lowest BCUT2D eigenvalue weighted by Crippen LogP contribution is -2.38. The highest BCUT2D eigenvalue weighted by atomic mass is 15.2. The maximum absolute atomic E-state index is 3.55. The monoisotopic (exact) mass is 216 g/mol. The minimum absolute atomic E-state index is 0.617. The molecule has 2 aliphatic rings. The van der Waals surface area contributed by atoms with Gasteiger partial charge >= 0.3 is 0 Å². The van der Waals surface area contributed by atoms with Crippen molar-refractivity contribution in [2.45, 2.75) is 32.4 Å². The molecule has 16 heavy (non-hydrogen) atoms. The summed E-state index contributed by atoms with van der Waals surface area (Å²) >= 11 is 0. The van der Waals surface area contributed by atoms with E-state index in [9.17, 15) is 0 Å². The zero-order valence-corrected chi connectivity index (χ0v) is 10.00. The summed E-state index contributed by atoms with van der Waals surface area (Å²) in [5.41, 5.74) is 4.46. The lowest BCUT2D eigenvalue weighted by molar-refractivity contribution is 0.228. The van der Waals surface area contributed by atoms with E-state index in [0.717, 1.165) is 13.1 Å². The number of nitrogens with one attached hydrogen (secondary N) is 1. The standard InChI is InChI=1S/C14H20N2/c1-11-4-5-12-9-15-10-14(13(12)8-11)16-6-2-3-7-16/h4-5,8,14-15H,2-3,6-7,9-10H2,1H3/t14-/m0/s1. The molecule has 0 spiro atoms. The minimum Gasteiger partial charge on any atom is -0.311 e. The highest BCUT2D eigenvalue weighted by Crippen LogP contribution is 2.30. The summed E-state index contributed by atoms with van der Waals surface area (Å²) in [6.45, 7) is 6.92. The van der Waals surface area contributed by atoms with E-state index >= 15 is 0 Å². The van der Waals surface area contributed by atoms with Crippen molar-refractivity contribution in [3.05, 3.63) is 34.9 Å². The van der Waals surface area contributed by atoms with Crippen LogP contribution in [0.15, 0.2) is 18.2 Å². The first-order chi connectivity index (χ1) is 7.84. The number of nitrogens with zero attached hydrogens (tertiary/aromatic N) is 1. The van der Waals surface area contributed by atoms with Gasteiger partial charge in [0.25, 0.3) is 0 Å². The van der Waals surface area contributed by atoms with Crippen LogP contribution < -0.4 is 5.32 Å². The maximum Gasteiger partial charge on any atom is 0.0476 e. The number of hydrogen-bond acceptors (Lipinski definition) is 2. The quantitative estimate of drug-likeness (QED) is 0.774. The van der Waals surface area contributed by atoms with Crippen molar-refractivity contribution in [1.82, 2.24) is 10.2 Å². The van der Waals surface area contributed by atoms with Gasteiger partial charge < -0.3 is 5.32 Å². The number of hydrogen-bond donors (Lipinski definition) is 1. The van der Waals surface area contributed by atoms with Gasteiger partial charge in [0.2, 0.25) is 0 Å². The zero-order valence-electron chi connectivity index (χ0n) is 10.00. The maximum atomic E-state index is 3.55. The molecule has 0 aromatic heterocycles. The highest BCUT2D eigenvalue weighted by molar-refractivity contribution is 5.36. The molecule has 3 rings (SSSR count). The summed E-state index contributed by atoms with van der Waals surface area (Å²) < 4.78 is 0. The summed E-state index contributed by atoms with van der Waals surface area (Å²) in [6, 6.07) is 7.53. The van der Waals surface area contributed by atoms with Gasteiger partial charge in [0.05, 0.1) is 0 Å². The Hall–Kier alpha value is -0.860. The fourth-order valence-corrected chi connectivity index (χ4v) is 3.02. The van der Waals surface area contributed by atoms with E-state index in [1.807, 2.05) is 0 Å². The van der Waals surface area contributed by atoms with Gasteiger partial charge in [-0.3, -0.25) is 4.90 Å². The van der Waals surface area contributed by atoms with Crippen LogP contribution in [0.5, 0.6) is 0 Å². The molecule has 2 nitrogen and oxygen atoms in total. The van der Waals surface area contributed by atoms with Gasteiger partial charge in [-0.25, -0.2) is 0 Å². The number of benzene rings is 1. The van der Waals surface area contributed by atoms with Crippen LogP contribution >= 0.6 is 0 Å². The molecule has 0 bridgehead atoms. The number of fused-ring (bicyclic) bond motifs is 1. The third-order valence-electron chi connectivity index (χ3n) is 3.89. The Balaban J connectivity index is 1.94. The summed E-state index contributed by atoms with van der Waals surface area (Å²) in [5, 5.41) is 3.55. The Morgan fingerprint density at radius 2 is 2.06 bits per heavy atom. The van der Waals surface area contributed by atoms with Crippen molar-refractivity contribution in [1.29, 1.82) is 0 Å². The molecule has 1 aromatic rings. The predicted octanol–water partition coefficient (Wildman–Crippen LogP) is 2.24. The van der Waals surface area contributed by atoms with E-state index in [4.69, 9.17) is 0 Å². The van der Waals surface area contributed by atoms with Crippen LogP contribution in [0.2, 0.25) is 0 Å². The first-order valence-electron chi connectivity index (χ1n) is 6.39. The third kappa shape index (κ3) is 1.76. The van der Waals surface area contributed by atoms with E-state index in [1.165, 1.54) is 37.1 Å². The van der Waals surface area contributed by atoms with Crippen LogP contribution in [0.25, 0.3) is 0 Å². The Bertz CT molecular complexity index is 380. The molecular weight excluding hydrogens is 196 g/mol. The lowest BCUT2D eigenvalue weighted by Gasteiger charge is -2.33. The van der Waals surface area contributed by atoms with Crippen LogP contribution in [-0.4, -0.2) is 24.5 Å². The van der Waals surface area contributed by atoms with E-state index < -0.39 is 0 Å². The third-order valence-corrected chi connectivity index (χ3v) is 3.89. The molecule has 1 aromatic carbocycles. The van der Waals surface area contributed by atoms with E-state index in [2.05, 4.69) is 35.3 Å². The van der Waals surface area contributed by atoms with Crippen molar-refractivity contribution in [2.24, 2.45) is 0 Å². The Kier molecular flexibility index (Phi) is 2.70. The molecule has 2 aliphatic heterocycles. The Labute approximate surface area is 97.6 Å². The zero-order chi connectivity index (χ0) is 11.0. The van der Waals surface area contributed by atoms with Crippen molar-refractivity contribution >= 4 is 0 Å². The molecule has 2 heteroatoms. The lowest BCUT2D eigenvalue weighted by atomic mass is 9.94. The van der Waals surface area contributed by atoms with Crippen molar-refractivity contribution in [3.8, 4) is 0 Å². The van der Waals surface area contributed by atoms with E-state index in [-0.39, 0.29) is 0 Å². The van der Waals surface area contributed by atoms with Crippen LogP contribution in [0.4, 0.5) is 0 Å². The van der Waals surface area contributed by atoms with Gasteiger partial charge in [-0.1, -0.05) is 23.8 Å². The summed E-state index contributed by atoms with van der Waals surface area (Å²) in [4.78, 5) is 2.64. The number of rotatable bonds is 1. The SMILES string of the molecule is Cc1ccc2c(c1)[C@@H](N1CCCC1)CNC2. The molecule has 0 amide bonds. The van der Waals surface area contributed by atoms with Crippen molar-refractivity contribution < 1.29 is 0 Å². The van der Waals surface area contributed by atoms with Crippen LogP contribution in [0.1, 0.15) is 35.6 Å². The van der Waals surface area contributed by atoms with E-state index in [0.29, 0.717) is 6.04 Å². The topological polar surface area (TPSA) is 15.3 Å². The second kappa shape index (κ2) is 4.19. The fraction of sp³-hybridized carbons (Fsp3) is 0.571. The normalized spacial score (nSPS) is 25.7. The van der Waals surface area contributed by atoms with Gasteiger partial charge in [0.15, 0.2) is 0 Å². The van der Waals surface area contributed by atoms with Gasteiger partial charge in [0.1, 0.15) is 0 Å². The summed E-state index contributed by atoms with van der Waals surface area (Å²) in [5.74, 6) is 0.